The molecular formula is C17H19ClFN. The van der Waals surface area contributed by atoms with Gasteiger partial charge in [-0.05, 0) is 50.5 Å². The Hall–Kier alpha value is -1.54. The predicted molar refractivity (Wildman–Crippen MR) is 84.0 cm³/mol. The average molecular weight is 292 g/mol. The molecule has 2 aromatic rings. The molecule has 0 aromatic heterocycles. The van der Waals surface area contributed by atoms with Crippen molar-refractivity contribution in [3.8, 4) is 0 Å². The maximum absolute atomic E-state index is 13.0. The molecule has 0 aliphatic heterocycles. The lowest BCUT2D eigenvalue weighted by atomic mass is 10.0. The summed E-state index contributed by atoms with van der Waals surface area (Å²) in [5.41, 5.74) is 3.40. The van der Waals surface area contributed by atoms with E-state index in [1.54, 1.807) is 6.07 Å². The van der Waals surface area contributed by atoms with Gasteiger partial charge in [0.15, 0.2) is 0 Å². The second kappa shape index (κ2) is 6.76. The molecule has 0 spiro atoms. The molecule has 0 radical (unpaired) electrons. The van der Waals surface area contributed by atoms with Gasteiger partial charge in [0.25, 0.3) is 0 Å². The number of halogens is 2. The first-order chi connectivity index (χ1) is 9.54. The minimum absolute atomic E-state index is 0.276. The van der Waals surface area contributed by atoms with Gasteiger partial charge in [0.1, 0.15) is 5.82 Å². The first-order valence-electron chi connectivity index (χ1n) is 6.82. The summed E-state index contributed by atoms with van der Waals surface area (Å²) in [6.07, 6.45) is 2.01. The summed E-state index contributed by atoms with van der Waals surface area (Å²) in [7, 11) is 0. The van der Waals surface area contributed by atoms with E-state index >= 15 is 0 Å². The van der Waals surface area contributed by atoms with E-state index in [2.05, 4.69) is 43.4 Å². The molecule has 1 N–H and O–H groups in total. The number of nitrogens with one attached hydrogen (secondary N) is 1. The monoisotopic (exact) mass is 291 g/mol. The number of hydrogen-bond donors (Lipinski definition) is 1. The first-order valence-corrected chi connectivity index (χ1v) is 7.19. The van der Waals surface area contributed by atoms with Crippen LogP contribution in [0.5, 0.6) is 0 Å². The number of rotatable bonds is 5. The minimum Gasteiger partial charge on any atom is -0.381 e. The van der Waals surface area contributed by atoms with Crippen LogP contribution in [0.1, 0.15) is 24.5 Å². The van der Waals surface area contributed by atoms with E-state index in [0.717, 1.165) is 18.5 Å². The molecule has 0 bridgehead atoms. The van der Waals surface area contributed by atoms with Crippen LogP contribution >= 0.6 is 11.6 Å². The predicted octanol–water partition coefficient (Wildman–Crippen LogP) is 5.22. The largest absolute Gasteiger partial charge is 0.381 e. The molecule has 1 atom stereocenters. The smallest absolute Gasteiger partial charge is 0.124 e. The molecule has 20 heavy (non-hydrogen) atoms. The average Bonchev–Trinajstić information content (AvgIpc) is 2.40. The van der Waals surface area contributed by atoms with Crippen LogP contribution in [0.15, 0.2) is 42.5 Å². The highest BCUT2D eigenvalue weighted by atomic mass is 35.5. The van der Waals surface area contributed by atoms with Gasteiger partial charge in [-0.1, -0.05) is 41.4 Å². The Kier molecular flexibility index (Phi) is 5.02. The van der Waals surface area contributed by atoms with E-state index in [1.807, 2.05) is 0 Å². The molecule has 2 aromatic carbocycles. The van der Waals surface area contributed by atoms with Gasteiger partial charge in [0, 0.05) is 6.04 Å². The summed E-state index contributed by atoms with van der Waals surface area (Å²) < 4.78 is 13.0. The van der Waals surface area contributed by atoms with Crippen LogP contribution in [0.25, 0.3) is 0 Å². The maximum Gasteiger partial charge on any atom is 0.124 e. The minimum atomic E-state index is -0.312. The zero-order valence-corrected chi connectivity index (χ0v) is 12.5. The van der Waals surface area contributed by atoms with Crippen molar-refractivity contribution in [2.45, 2.75) is 32.7 Å². The number of anilines is 1. The van der Waals surface area contributed by atoms with E-state index in [-0.39, 0.29) is 11.9 Å². The number of benzene rings is 2. The van der Waals surface area contributed by atoms with E-state index in [1.165, 1.54) is 23.3 Å². The Morgan fingerprint density at radius 2 is 2.00 bits per heavy atom. The Morgan fingerprint density at radius 1 is 1.20 bits per heavy atom. The van der Waals surface area contributed by atoms with E-state index < -0.39 is 0 Å². The van der Waals surface area contributed by atoms with Crippen LogP contribution in [-0.4, -0.2) is 6.04 Å². The number of hydrogen-bond acceptors (Lipinski definition) is 1. The van der Waals surface area contributed by atoms with Gasteiger partial charge in [0.2, 0.25) is 0 Å². The Morgan fingerprint density at radius 3 is 2.70 bits per heavy atom. The normalized spacial score (nSPS) is 12.2. The zero-order chi connectivity index (χ0) is 14.5. The van der Waals surface area contributed by atoms with Gasteiger partial charge in [-0.25, -0.2) is 4.39 Å². The number of aryl methyl sites for hydroxylation is 2. The molecule has 0 saturated carbocycles. The standard InChI is InChI=1S/C17H19ClFN/c1-12-4-3-5-14(10-12)7-6-13(2)20-17-9-8-15(19)11-16(17)18/h3-5,8-11,13,20H,6-7H2,1-2H3. The van der Waals surface area contributed by atoms with Crippen LogP contribution in [-0.2, 0) is 6.42 Å². The molecule has 0 heterocycles. The van der Waals surface area contributed by atoms with Gasteiger partial charge < -0.3 is 5.32 Å². The molecule has 1 nitrogen and oxygen atoms in total. The highest BCUT2D eigenvalue weighted by molar-refractivity contribution is 6.33. The topological polar surface area (TPSA) is 12.0 Å². The molecule has 1 unspecified atom stereocenters. The lowest BCUT2D eigenvalue weighted by Gasteiger charge is -2.16. The second-order valence-electron chi connectivity index (χ2n) is 5.20. The van der Waals surface area contributed by atoms with Crippen LogP contribution < -0.4 is 5.32 Å². The maximum atomic E-state index is 13.0. The molecule has 0 aliphatic carbocycles. The van der Waals surface area contributed by atoms with Crippen LogP contribution in [0.3, 0.4) is 0 Å². The van der Waals surface area contributed by atoms with Gasteiger partial charge in [-0.15, -0.1) is 0 Å². The van der Waals surface area contributed by atoms with Crippen molar-refractivity contribution >= 4 is 17.3 Å². The summed E-state index contributed by atoms with van der Waals surface area (Å²) in [6.45, 7) is 4.21. The van der Waals surface area contributed by atoms with Crippen molar-refractivity contribution in [3.63, 3.8) is 0 Å². The Labute approximate surface area is 124 Å². The summed E-state index contributed by atoms with van der Waals surface area (Å²) in [4.78, 5) is 0. The summed E-state index contributed by atoms with van der Waals surface area (Å²) in [5.74, 6) is -0.312. The van der Waals surface area contributed by atoms with Crippen molar-refractivity contribution in [3.05, 3.63) is 64.4 Å². The van der Waals surface area contributed by atoms with E-state index in [9.17, 15) is 4.39 Å². The molecular weight excluding hydrogens is 273 g/mol. The molecule has 0 fully saturated rings. The van der Waals surface area contributed by atoms with Crippen molar-refractivity contribution < 1.29 is 4.39 Å². The van der Waals surface area contributed by atoms with Crippen molar-refractivity contribution in [1.82, 2.24) is 0 Å². The summed E-state index contributed by atoms with van der Waals surface area (Å²) in [5, 5.41) is 3.75. The molecule has 2 rings (SSSR count). The van der Waals surface area contributed by atoms with Gasteiger partial charge in [-0.2, -0.15) is 0 Å². The molecule has 0 aliphatic rings. The van der Waals surface area contributed by atoms with E-state index in [4.69, 9.17) is 11.6 Å². The SMILES string of the molecule is Cc1cccc(CCC(C)Nc2ccc(F)cc2Cl)c1. The first kappa shape index (κ1) is 14.9. The van der Waals surface area contributed by atoms with Gasteiger partial charge in [0.05, 0.1) is 10.7 Å². The lowest BCUT2D eigenvalue weighted by Crippen LogP contribution is -2.16. The molecule has 3 heteroatoms. The van der Waals surface area contributed by atoms with Crippen molar-refractivity contribution in [1.29, 1.82) is 0 Å². The van der Waals surface area contributed by atoms with Crippen LogP contribution in [0.2, 0.25) is 5.02 Å². The summed E-state index contributed by atoms with van der Waals surface area (Å²) >= 11 is 6.01. The third-order valence-corrected chi connectivity index (χ3v) is 3.59. The Balaban J connectivity index is 1.90. The highest BCUT2D eigenvalue weighted by Crippen LogP contribution is 2.23. The van der Waals surface area contributed by atoms with E-state index in [0.29, 0.717) is 5.02 Å². The zero-order valence-electron chi connectivity index (χ0n) is 11.8. The van der Waals surface area contributed by atoms with Gasteiger partial charge in [-0.3, -0.25) is 0 Å². The fraction of sp³-hybridized carbons (Fsp3) is 0.294. The lowest BCUT2D eigenvalue weighted by molar-refractivity contribution is 0.627. The Bertz CT molecular complexity index is 583. The van der Waals surface area contributed by atoms with Gasteiger partial charge >= 0.3 is 0 Å². The molecule has 0 amide bonds. The van der Waals surface area contributed by atoms with Crippen molar-refractivity contribution in [2.75, 3.05) is 5.32 Å². The molecule has 0 saturated heterocycles. The van der Waals surface area contributed by atoms with Crippen LogP contribution in [0, 0.1) is 12.7 Å². The van der Waals surface area contributed by atoms with Crippen molar-refractivity contribution in [2.24, 2.45) is 0 Å². The third kappa shape index (κ3) is 4.24. The third-order valence-electron chi connectivity index (χ3n) is 3.28. The fourth-order valence-corrected chi connectivity index (χ4v) is 2.42. The second-order valence-corrected chi connectivity index (χ2v) is 5.60. The summed E-state index contributed by atoms with van der Waals surface area (Å²) in [6, 6.07) is 13.2. The highest BCUT2D eigenvalue weighted by Gasteiger charge is 2.06. The fourth-order valence-electron chi connectivity index (χ4n) is 2.19. The quantitative estimate of drug-likeness (QED) is 0.796. The molecule has 106 valence electrons. The van der Waals surface area contributed by atoms with Crippen LogP contribution in [0.4, 0.5) is 10.1 Å².